The van der Waals surface area contributed by atoms with Gasteiger partial charge in [-0.25, -0.2) is 4.98 Å². The molecule has 0 aliphatic heterocycles. The highest BCUT2D eigenvalue weighted by Crippen LogP contribution is 2.19. The first-order valence-electron chi connectivity index (χ1n) is 4.58. The Morgan fingerprint density at radius 3 is 3.14 bits per heavy atom. The standard InChI is InChI=1S/C8H15N3OS2/c1-2-12-7(5-9)3-4-13-8-10-6-11-14-8/h6-7H,2-5,9H2,1H3. The fraction of sp³-hybridized carbons (Fsp3) is 0.750. The highest BCUT2D eigenvalue weighted by Gasteiger charge is 2.06. The van der Waals surface area contributed by atoms with E-state index in [0.717, 1.165) is 23.1 Å². The van der Waals surface area contributed by atoms with Crippen LogP contribution in [0.5, 0.6) is 0 Å². The summed E-state index contributed by atoms with van der Waals surface area (Å²) in [7, 11) is 0. The molecule has 1 aromatic heterocycles. The van der Waals surface area contributed by atoms with E-state index >= 15 is 0 Å². The van der Waals surface area contributed by atoms with Gasteiger partial charge in [-0.1, -0.05) is 11.8 Å². The van der Waals surface area contributed by atoms with Crippen LogP contribution in [-0.2, 0) is 4.74 Å². The van der Waals surface area contributed by atoms with Gasteiger partial charge in [0.1, 0.15) is 6.33 Å². The van der Waals surface area contributed by atoms with Gasteiger partial charge in [0.05, 0.1) is 6.10 Å². The van der Waals surface area contributed by atoms with Crippen LogP contribution in [0.3, 0.4) is 0 Å². The normalized spacial score (nSPS) is 13.0. The molecule has 0 spiro atoms. The van der Waals surface area contributed by atoms with Crippen LogP contribution in [0.4, 0.5) is 0 Å². The molecular formula is C8H15N3OS2. The van der Waals surface area contributed by atoms with E-state index in [4.69, 9.17) is 10.5 Å². The van der Waals surface area contributed by atoms with Crippen LogP contribution in [0.15, 0.2) is 10.7 Å². The van der Waals surface area contributed by atoms with E-state index < -0.39 is 0 Å². The van der Waals surface area contributed by atoms with Crippen molar-refractivity contribution in [2.75, 3.05) is 18.9 Å². The van der Waals surface area contributed by atoms with E-state index in [2.05, 4.69) is 9.36 Å². The third kappa shape index (κ3) is 4.36. The van der Waals surface area contributed by atoms with Gasteiger partial charge in [0.2, 0.25) is 0 Å². The minimum atomic E-state index is 0.181. The molecule has 0 bridgehead atoms. The highest BCUT2D eigenvalue weighted by atomic mass is 32.2. The molecule has 4 nitrogen and oxygen atoms in total. The Labute approximate surface area is 92.4 Å². The van der Waals surface area contributed by atoms with Crippen LogP contribution >= 0.6 is 23.3 Å². The third-order valence-corrected chi connectivity index (χ3v) is 3.50. The zero-order valence-electron chi connectivity index (χ0n) is 8.18. The number of hydrogen-bond donors (Lipinski definition) is 1. The summed E-state index contributed by atoms with van der Waals surface area (Å²) >= 11 is 3.13. The van der Waals surface area contributed by atoms with Gasteiger partial charge in [0, 0.05) is 18.9 Å². The Balaban J connectivity index is 2.13. The van der Waals surface area contributed by atoms with Crippen molar-refractivity contribution in [3.8, 4) is 0 Å². The van der Waals surface area contributed by atoms with Gasteiger partial charge in [-0.3, -0.25) is 0 Å². The number of aromatic nitrogens is 2. The molecule has 1 aromatic rings. The van der Waals surface area contributed by atoms with E-state index in [1.54, 1.807) is 18.1 Å². The number of hydrogen-bond acceptors (Lipinski definition) is 6. The van der Waals surface area contributed by atoms with E-state index in [-0.39, 0.29) is 6.10 Å². The van der Waals surface area contributed by atoms with E-state index in [0.29, 0.717) is 6.54 Å². The molecule has 6 heteroatoms. The summed E-state index contributed by atoms with van der Waals surface area (Å²) in [6, 6.07) is 0. The largest absolute Gasteiger partial charge is 0.377 e. The summed E-state index contributed by atoms with van der Waals surface area (Å²) in [6.45, 7) is 3.30. The molecule has 1 heterocycles. The van der Waals surface area contributed by atoms with Crippen molar-refractivity contribution in [1.29, 1.82) is 0 Å². The average molecular weight is 233 g/mol. The Kier molecular flexibility index (Phi) is 6.09. The van der Waals surface area contributed by atoms with Crippen LogP contribution in [-0.4, -0.2) is 34.4 Å². The Hall–Kier alpha value is -0.170. The van der Waals surface area contributed by atoms with Gasteiger partial charge in [0.25, 0.3) is 0 Å². The first-order chi connectivity index (χ1) is 6.86. The van der Waals surface area contributed by atoms with Crippen LogP contribution in [0.1, 0.15) is 13.3 Å². The zero-order valence-corrected chi connectivity index (χ0v) is 9.81. The summed E-state index contributed by atoms with van der Waals surface area (Å²) in [5, 5.41) is 0. The Morgan fingerprint density at radius 1 is 1.71 bits per heavy atom. The lowest BCUT2D eigenvalue weighted by Crippen LogP contribution is -2.24. The van der Waals surface area contributed by atoms with Crippen molar-refractivity contribution in [2.24, 2.45) is 5.73 Å². The molecule has 0 radical (unpaired) electrons. The Bertz CT molecular complexity index is 231. The monoisotopic (exact) mass is 233 g/mol. The topological polar surface area (TPSA) is 61.0 Å². The van der Waals surface area contributed by atoms with Gasteiger partial charge >= 0.3 is 0 Å². The maximum atomic E-state index is 5.56. The van der Waals surface area contributed by atoms with Crippen molar-refractivity contribution < 1.29 is 4.74 Å². The maximum absolute atomic E-state index is 5.56. The number of thioether (sulfide) groups is 1. The third-order valence-electron chi connectivity index (χ3n) is 1.67. The molecule has 0 saturated heterocycles. The molecule has 1 atom stereocenters. The molecule has 80 valence electrons. The van der Waals surface area contributed by atoms with E-state index in [1.165, 1.54) is 11.5 Å². The second kappa shape index (κ2) is 7.17. The van der Waals surface area contributed by atoms with Crippen LogP contribution in [0, 0.1) is 0 Å². The van der Waals surface area contributed by atoms with Crippen molar-refractivity contribution in [1.82, 2.24) is 9.36 Å². The quantitative estimate of drug-likeness (QED) is 0.721. The maximum Gasteiger partial charge on any atom is 0.169 e. The fourth-order valence-corrected chi connectivity index (χ4v) is 2.55. The van der Waals surface area contributed by atoms with Crippen molar-refractivity contribution in [3.63, 3.8) is 0 Å². The number of ether oxygens (including phenoxy) is 1. The van der Waals surface area contributed by atoms with Crippen molar-refractivity contribution >= 4 is 23.3 Å². The molecule has 1 unspecified atom stereocenters. The average Bonchev–Trinajstić information content (AvgIpc) is 2.69. The fourth-order valence-electron chi connectivity index (χ4n) is 1.01. The van der Waals surface area contributed by atoms with Crippen LogP contribution < -0.4 is 5.73 Å². The van der Waals surface area contributed by atoms with Gasteiger partial charge in [-0.05, 0) is 24.9 Å². The molecular weight excluding hydrogens is 218 g/mol. The van der Waals surface area contributed by atoms with Gasteiger partial charge < -0.3 is 10.5 Å². The minimum Gasteiger partial charge on any atom is -0.377 e. The highest BCUT2D eigenvalue weighted by molar-refractivity contribution is 8.00. The van der Waals surface area contributed by atoms with Crippen LogP contribution in [0.2, 0.25) is 0 Å². The summed E-state index contributed by atoms with van der Waals surface area (Å²) < 4.78 is 10.4. The summed E-state index contributed by atoms with van der Waals surface area (Å²) in [6.07, 6.45) is 2.73. The van der Waals surface area contributed by atoms with E-state index in [9.17, 15) is 0 Å². The van der Waals surface area contributed by atoms with Gasteiger partial charge in [0.15, 0.2) is 4.34 Å². The summed E-state index contributed by atoms with van der Waals surface area (Å²) in [4.78, 5) is 4.08. The molecule has 1 rings (SSSR count). The summed E-state index contributed by atoms with van der Waals surface area (Å²) in [5.74, 6) is 0.983. The van der Waals surface area contributed by atoms with Crippen molar-refractivity contribution in [3.05, 3.63) is 6.33 Å². The first-order valence-corrected chi connectivity index (χ1v) is 6.33. The predicted molar refractivity (Wildman–Crippen MR) is 59.7 cm³/mol. The summed E-state index contributed by atoms with van der Waals surface area (Å²) in [5.41, 5.74) is 5.56. The Morgan fingerprint density at radius 2 is 2.57 bits per heavy atom. The predicted octanol–water partition coefficient (Wildman–Crippen LogP) is 1.38. The zero-order chi connectivity index (χ0) is 10.2. The lowest BCUT2D eigenvalue weighted by molar-refractivity contribution is 0.0674. The van der Waals surface area contributed by atoms with Crippen molar-refractivity contribution in [2.45, 2.75) is 23.8 Å². The number of nitrogens with zero attached hydrogens (tertiary/aromatic N) is 2. The SMILES string of the molecule is CCOC(CN)CCSc1ncns1. The molecule has 0 amide bonds. The molecule has 0 saturated carbocycles. The second-order valence-corrected chi connectivity index (χ2v) is 4.78. The van der Waals surface area contributed by atoms with Crippen LogP contribution in [0.25, 0.3) is 0 Å². The molecule has 0 fully saturated rings. The van der Waals surface area contributed by atoms with Gasteiger partial charge in [-0.2, -0.15) is 4.37 Å². The first kappa shape index (κ1) is 11.9. The minimum absolute atomic E-state index is 0.181. The molecule has 0 aliphatic carbocycles. The molecule has 14 heavy (non-hydrogen) atoms. The molecule has 0 aromatic carbocycles. The molecule has 2 N–H and O–H groups in total. The second-order valence-electron chi connectivity index (χ2n) is 2.66. The lowest BCUT2D eigenvalue weighted by Gasteiger charge is -2.13. The number of nitrogens with two attached hydrogens (primary N) is 1. The number of rotatable bonds is 7. The smallest absolute Gasteiger partial charge is 0.169 e. The lowest BCUT2D eigenvalue weighted by atomic mass is 10.3. The van der Waals surface area contributed by atoms with Gasteiger partial charge in [-0.15, -0.1) is 0 Å². The van der Waals surface area contributed by atoms with E-state index in [1.807, 2.05) is 6.92 Å². The molecule has 0 aliphatic rings.